The van der Waals surface area contributed by atoms with E-state index in [1.165, 1.54) is 0 Å². The molecule has 0 bridgehead atoms. The first-order valence-corrected chi connectivity index (χ1v) is 10.5. The largest absolute Gasteiger partial charge is 0.493 e. The first kappa shape index (κ1) is 20.7. The van der Waals surface area contributed by atoms with E-state index in [0.717, 1.165) is 47.9 Å². The lowest BCUT2D eigenvalue weighted by Crippen LogP contribution is -2.48. The molecule has 4 nitrogen and oxygen atoms in total. The van der Waals surface area contributed by atoms with Gasteiger partial charge in [-0.3, -0.25) is 4.79 Å². The third-order valence-corrected chi connectivity index (χ3v) is 5.49. The van der Waals surface area contributed by atoms with Gasteiger partial charge in [-0.2, -0.15) is 0 Å². The number of amides is 1. The molecular weight excluding hydrogens is 350 g/mol. The van der Waals surface area contributed by atoms with Gasteiger partial charge in [-0.05, 0) is 50.2 Å². The number of hydrogen-bond acceptors (Lipinski definition) is 3. The van der Waals surface area contributed by atoms with Crippen molar-refractivity contribution in [2.75, 3.05) is 18.5 Å². The van der Waals surface area contributed by atoms with Gasteiger partial charge in [0.1, 0.15) is 11.4 Å². The molecule has 0 unspecified atom stereocenters. The highest BCUT2D eigenvalue weighted by Crippen LogP contribution is 2.38. The monoisotopic (exact) mass is 383 g/mol. The minimum absolute atomic E-state index is 0.0260. The quantitative estimate of drug-likeness (QED) is 0.657. The first-order valence-electron chi connectivity index (χ1n) is 10.5. The van der Waals surface area contributed by atoms with Crippen LogP contribution in [0, 0.1) is 11.8 Å². The fourth-order valence-electron chi connectivity index (χ4n) is 4.18. The number of hydrogen-bond donors (Lipinski definition) is 1. The van der Waals surface area contributed by atoms with E-state index in [1.807, 2.05) is 43.3 Å². The zero-order valence-electron chi connectivity index (χ0n) is 17.6. The van der Waals surface area contributed by atoms with Gasteiger partial charge in [0.25, 0.3) is 5.91 Å². The number of fused-ring (bicyclic) bond motifs is 1. The fourth-order valence-corrected chi connectivity index (χ4v) is 4.18. The van der Waals surface area contributed by atoms with Crippen molar-refractivity contribution in [3.05, 3.63) is 36.4 Å². The average molecular weight is 384 g/mol. The molecule has 2 aromatic carbocycles. The molecule has 2 aromatic rings. The predicted molar refractivity (Wildman–Crippen MR) is 115 cm³/mol. The summed E-state index contributed by atoms with van der Waals surface area (Å²) in [6, 6.07) is 12.0. The second-order valence-electron chi connectivity index (χ2n) is 8.44. The van der Waals surface area contributed by atoms with Crippen LogP contribution in [0.5, 0.6) is 5.75 Å². The SMILES string of the molecule is CCO[C@@]1(C(=O)Nc2ccc(OCC(C)C)c3ccccc23)CCC[C@H](C)C1. The standard InChI is InChI=1S/C24H33NO3/c1-5-28-24(14-8-9-18(4)15-24)23(26)25-21-12-13-22(27-16-17(2)3)20-11-7-6-10-19(20)21/h6-7,10-13,17-18H,5,8-9,14-16H2,1-4H3,(H,25,26)/t18-,24-/m0/s1. The van der Waals surface area contributed by atoms with Crippen LogP contribution in [-0.4, -0.2) is 24.7 Å². The number of carbonyl (C=O) groups excluding carboxylic acids is 1. The van der Waals surface area contributed by atoms with Crippen LogP contribution >= 0.6 is 0 Å². The summed E-state index contributed by atoms with van der Waals surface area (Å²) < 4.78 is 12.0. The zero-order chi connectivity index (χ0) is 20.1. The topological polar surface area (TPSA) is 47.6 Å². The van der Waals surface area contributed by atoms with E-state index in [9.17, 15) is 4.79 Å². The van der Waals surface area contributed by atoms with E-state index >= 15 is 0 Å². The van der Waals surface area contributed by atoms with E-state index in [4.69, 9.17) is 9.47 Å². The van der Waals surface area contributed by atoms with Crippen molar-refractivity contribution in [1.82, 2.24) is 0 Å². The molecule has 1 amide bonds. The molecule has 0 aromatic heterocycles. The third kappa shape index (κ3) is 4.49. The number of carbonyl (C=O) groups is 1. The maximum absolute atomic E-state index is 13.3. The minimum atomic E-state index is -0.722. The average Bonchev–Trinajstić information content (AvgIpc) is 2.67. The lowest BCUT2D eigenvalue weighted by atomic mass is 9.78. The summed E-state index contributed by atoms with van der Waals surface area (Å²) in [6.07, 6.45) is 3.74. The number of anilines is 1. The van der Waals surface area contributed by atoms with Crippen LogP contribution in [0.15, 0.2) is 36.4 Å². The van der Waals surface area contributed by atoms with Crippen molar-refractivity contribution in [3.8, 4) is 5.75 Å². The Labute approximate surface area is 168 Å². The maximum Gasteiger partial charge on any atom is 0.256 e. The predicted octanol–water partition coefficient (Wildman–Crippen LogP) is 5.80. The number of ether oxygens (including phenoxy) is 2. The van der Waals surface area contributed by atoms with Crippen LogP contribution in [-0.2, 0) is 9.53 Å². The van der Waals surface area contributed by atoms with E-state index in [-0.39, 0.29) is 5.91 Å². The van der Waals surface area contributed by atoms with Crippen LogP contribution < -0.4 is 10.1 Å². The molecule has 1 aliphatic carbocycles. The molecule has 28 heavy (non-hydrogen) atoms. The van der Waals surface area contributed by atoms with Crippen molar-refractivity contribution in [1.29, 1.82) is 0 Å². The lowest BCUT2D eigenvalue weighted by molar-refractivity contribution is -0.147. The van der Waals surface area contributed by atoms with Gasteiger partial charge in [-0.25, -0.2) is 0 Å². The minimum Gasteiger partial charge on any atom is -0.493 e. The Morgan fingerprint density at radius 1 is 1.21 bits per heavy atom. The summed E-state index contributed by atoms with van der Waals surface area (Å²) in [5, 5.41) is 5.18. The molecule has 1 N–H and O–H groups in total. The lowest BCUT2D eigenvalue weighted by Gasteiger charge is -2.38. The Balaban J connectivity index is 1.89. The Bertz CT molecular complexity index is 813. The number of rotatable bonds is 7. The smallest absolute Gasteiger partial charge is 0.256 e. The fraction of sp³-hybridized carbons (Fsp3) is 0.542. The highest BCUT2D eigenvalue weighted by Gasteiger charge is 2.42. The summed E-state index contributed by atoms with van der Waals surface area (Å²) in [5.74, 6) is 1.78. The zero-order valence-corrected chi connectivity index (χ0v) is 17.6. The normalized spacial score (nSPS) is 22.4. The molecule has 0 radical (unpaired) electrons. The molecule has 0 heterocycles. The maximum atomic E-state index is 13.3. The molecule has 0 saturated heterocycles. The van der Waals surface area contributed by atoms with E-state index in [2.05, 4.69) is 26.1 Å². The number of benzene rings is 2. The Kier molecular flexibility index (Phi) is 6.61. The van der Waals surface area contributed by atoms with Crippen LogP contribution in [0.25, 0.3) is 10.8 Å². The Hall–Kier alpha value is -2.07. The Morgan fingerprint density at radius 3 is 2.64 bits per heavy atom. The molecule has 1 saturated carbocycles. The molecular formula is C24H33NO3. The number of nitrogens with one attached hydrogen (secondary N) is 1. The van der Waals surface area contributed by atoms with Gasteiger partial charge >= 0.3 is 0 Å². The molecule has 4 heteroatoms. The van der Waals surface area contributed by atoms with Crippen LogP contribution in [0.1, 0.15) is 53.4 Å². The van der Waals surface area contributed by atoms with Crippen LogP contribution in [0.2, 0.25) is 0 Å². The van der Waals surface area contributed by atoms with Gasteiger partial charge < -0.3 is 14.8 Å². The summed E-state index contributed by atoms with van der Waals surface area (Å²) in [6.45, 7) is 9.65. The Morgan fingerprint density at radius 2 is 1.96 bits per heavy atom. The molecule has 152 valence electrons. The van der Waals surface area contributed by atoms with Crippen LogP contribution in [0.3, 0.4) is 0 Å². The van der Waals surface area contributed by atoms with Gasteiger partial charge in [-0.15, -0.1) is 0 Å². The molecule has 2 atom stereocenters. The molecule has 1 aliphatic rings. The molecule has 3 rings (SSSR count). The van der Waals surface area contributed by atoms with Gasteiger partial charge in [0.2, 0.25) is 0 Å². The summed E-state index contributed by atoms with van der Waals surface area (Å²) >= 11 is 0. The molecule has 0 aliphatic heterocycles. The van der Waals surface area contributed by atoms with Crippen molar-refractivity contribution in [2.24, 2.45) is 11.8 Å². The summed E-state index contributed by atoms with van der Waals surface area (Å²) in [4.78, 5) is 13.3. The van der Waals surface area contributed by atoms with Crippen molar-refractivity contribution in [3.63, 3.8) is 0 Å². The van der Waals surface area contributed by atoms with Gasteiger partial charge in [-0.1, -0.05) is 51.5 Å². The van der Waals surface area contributed by atoms with Crippen molar-refractivity contribution >= 4 is 22.4 Å². The van der Waals surface area contributed by atoms with Crippen LogP contribution in [0.4, 0.5) is 5.69 Å². The van der Waals surface area contributed by atoms with Gasteiger partial charge in [0.05, 0.1) is 6.61 Å². The van der Waals surface area contributed by atoms with Gasteiger partial charge in [0, 0.05) is 23.1 Å². The summed E-state index contributed by atoms with van der Waals surface area (Å²) in [7, 11) is 0. The highest BCUT2D eigenvalue weighted by atomic mass is 16.5. The highest BCUT2D eigenvalue weighted by molar-refractivity contribution is 6.06. The summed E-state index contributed by atoms with van der Waals surface area (Å²) in [5.41, 5.74) is 0.0927. The van der Waals surface area contributed by atoms with Crippen molar-refractivity contribution < 1.29 is 14.3 Å². The molecule has 1 fully saturated rings. The second kappa shape index (κ2) is 8.95. The second-order valence-corrected chi connectivity index (χ2v) is 8.44. The van der Waals surface area contributed by atoms with Crippen molar-refractivity contribution in [2.45, 2.75) is 59.0 Å². The van der Waals surface area contributed by atoms with E-state index < -0.39 is 5.60 Å². The molecule has 0 spiro atoms. The third-order valence-electron chi connectivity index (χ3n) is 5.49. The van der Waals surface area contributed by atoms with E-state index in [1.54, 1.807) is 0 Å². The van der Waals surface area contributed by atoms with Gasteiger partial charge in [0.15, 0.2) is 0 Å². The first-order chi connectivity index (χ1) is 13.4. The van der Waals surface area contributed by atoms with E-state index in [0.29, 0.717) is 25.0 Å².